The average molecular weight is 491 g/mol. The molecule has 2 aromatic carbocycles. The van der Waals surface area contributed by atoms with E-state index in [0.717, 1.165) is 5.56 Å². The summed E-state index contributed by atoms with van der Waals surface area (Å²) in [5.74, 6) is -3.35. The molecule has 180 valence electrons. The first-order valence-electron chi connectivity index (χ1n) is 10.1. The first-order valence-corrected chi connectivity index (χ1v) is 10.5. The number of ether oxygens (including phenoxy) is 2. The molecule has 0 aliphatic carbocycles. The summed E-state index contributed by atoms with van der Waals surface area (Å²) in [6, 6.07) is 11.9. The number of alkyl carbamates (subject to hydrolysis) is 1. The molecular weight excluding hydrogens is 468 g/mol. The number of amides is 2. The Labute approximate surface area is 200 Å². The maximum absolute atomic E-state index is 12.6. The van der Waals surface area contributed by atoms with Crippen LogP contribution in [0.1, 0.15) is 35.7 Å². The van der Waals surface area contributed by atoms with Crippen molar-refractivity contribution in [3.63, 3.8) is 0 Å². The Morgan fingerprint density at radius 2 is 1.71 bits per heavy atom. The summed E-state index contributed by atoms with van der Waals surface area (Å²) in [6.07, 6.45) is -1.59. The molecule has 2 rings (SSSR count). The van der Waals surface area contributed by atoms with Crippen LogP contribution in [-0.2, 0) is 30.5 Å². The molecule has 0 aliphatic heterocycles. The summed E-state index contributed by atoms with van der Waals surface area (Å²) >= 11 is 6.05. The van der Waals surface area contributed by atoms with E-state index in [2.05, 4.69) is 10.6 Å². The van der Waals surface area contributed by atoms with Gasteiger partial charge < -0.3 is 25.2 Å². The summed E-state index contributed by atoms with van der Waals surface area (Å²) < 4.78 is 10.1. The van der Waals surface area contributed by atoms with Crippen LogP contribution < -0.4 is 10.6 Å². The number of benzene rings is 2. The second-order valence-electron chi connectivity index (χ2n) is 7.08. The van der Waals surface area contributed by atoms with Crippen molar-refractivity contribution in [1.82, 2.24) is 5.32 Å². The van der Waals surface area contributed by atoms with Gasteiger partial charge in [-0.25, -0.2) is 9.59 Å². The van der Waals surface area contributed by atoms with E-state index in [-0.39, 0.29) is 29.3 Å². The number of aliphatic carboxylic acids is 1. The van der Waals surface area contributed by atoms with Gasteiger partial charge in [0.05, 0.1) is 16.8 Å². The molecular formula is C23H23ClN2O8. The number of ketones is 1. The molecule has 2 aromatic rings. The van der Waals surface area contributed by atoms with Crippen LogP contribution in [0.4, 0.5) is 10.5 Å². The number of carbonyl (C=O) groups excluding carboxylic acids is 4. The van der Waals surface area contributed by atoms with Crippen LogP contribution in [0.25, 0.3) is 0 Å². The summed E-state index contributed by atoms with van der Waals surface area (Å²) in [4.78, 5) is 59.6. The van der Waals surface area contributed by atoms with Crippen molar-refractivity contribution in [2.75, 3.05) is 11.9 Å². The molecule has 0 saturated heterocycles. The van der Waals surface area contributed by atoms with Crippen molar-refractivity contribution in [1.29, 1.82) is 0 Å². The maximum Gasteiger partial charge on any atom is 0.408 e. The van der Waals surface area contributed by atoms with Crippen molar-refractivity contribution in [2.24, 2.45) is 0 Å². The Kier molecular flexibility index (Phi) is 10.0. The standard InChI is InChI=1S/C23H23ClN2O8/c1-14(27)25-18-9-5-8-16(24)21(18)22(31)33-13-19(28)17(10-11-20(29)30)26-23(32)34-12-15-6-3-2-4-7-15/h2-9,17H,10-13H2,1H3,(H,25,27)(H,26,32)(H,29,30)/t17-/m0/s1. The zero-order valence-corrected chi connectivity index (χ0v) is 19.0. The van der Waals surface area contributed by atoms with Gasteiger partial charge in [0.25, 0.3) is 0 Å². The van der Waals surface area contributed by atoms with E-state index in [9.17, 15) is 24.0 Å². The first kappa shape index (κ1) is 26.3. The predicted octanol–water partition coefficient (Wildman–Crippen LogP) is 3.18. The normalized spacial score (nSPS) is 11.1. The molecule has 0 unspecified atom stereocenters. The highest BCUT2D eigenvalue weighted by molar-refractivity contribution is 6.34. The molecule has 3 N–H and O–H groups in total. The van der Waals surface area contributed by atoms with Crippen LogP contribution in [-0.4, -0.2) is 47.5 Å². The van der Waals surface area contributed by atoms with Gasteiger partial charge in [-0.2, -0.15) is 0 Å². The van der Waals surface area contributed by atoms with Crippen LogP contribution in [0, 0.1) is 0 Å². The molecule has 0 radical (unpaired) electrons. The van der Waals surface area contributed by atoms with Gasteiger partial charge in [0, 0.05) is 13.3 Å². The van der Waals surface area contributed by atoms with Gasteiger partial charge in [-0.3, -0.25) is 14.4 Å². The number of Topliss-reactive ketones (excluding diaryl/α,β-unsaturated/α-hetero) is 1. The molecule has 0 heterocycles. The molecule has 0 bridgehead atoms. The highest BCUT2D eigenvalue weighted by atomic mass is 35.5. The van der Waals surface area contributed by atoms with E-state index in [0.29, 0.717) is 0 Å². The maximum atomic E-state index is 12.6. The smallest absolute Gasteiger partial charge is 0.408 e. The molecule has 0 spiro atoms. The molecule has 2 amide bonds. The number of esters is 1. The summed E-state index contributed by atoms with van der Waals surface area (Å²) in [5, 5.41) is 13.7. The molecule has 11 heteroatoms. The zero-order valence-electron chi connectivity index (χ0n) is 18.2. The summed E-state index contributed by atoms with van der Waals surface area (Å²) in [7, 11) is 0. The third-order valence-corrected chi connectivity index (χ3v) is 4.73. The number of carboxylic acids is 1. The quantitative estimate of drug-likeness (QED) is 0.407. The second-order valence-corrected chi connectivity index (χ2v) is 7.48. The van der Waals surface area contributed by atoms with Crippen molar-refractivity contribution < 1.29 is 38.6 Å². The number of anilines is 1. The van der Waals surface area contributed by atoms with Gasteiger partial charge in [-0.15, -0.1) is 0 Å². The third kappa shape index (κ3) is 8.55. The minimum absolute atomic E-state index is 0.00580. The fourth-order valence-corrected chi connectivity index (χ4v) is 3.08. The van der Waals surface area contributed by atoms with Gasteiger partial charge in [0.1, 0.15) is 12.2 Å². The Morgan fingerprint density at radius 1 is 1.00 bits per heavy atom. The molecule has 1 atom stereocenters. The highest BCUT2D eigenvalue weighted by Gasteiger charge is 2.25. The first-order chi connectivity index (χ1) is 16.2. The largest absolute Gasteiger partial charge is 0.481 e. The van der Waals surface area contributed by atoms with E-state index in [1.807, 2.05) is 0 Å². The van der Waals surface area contributed by atoms with Gasteiger partial charge >= 0.3 is 18.0 Å². The average Bonchev–Trinajstić information content (AvgIpc) is 2.79. The monoisotopic (exact) mass is 490 g/mol. The minimum atomic E-state index is -1.27. The zero-order chi connectivity index (χ0) is 25.1. The van der Waals surface area contributed by atoms with Gasteiger partial charge in [0.15, 0.2) is 12.4 Å². The minimum Gasteiger partial charge on any atom is -0.481 e. The lowest BCUT2D eigenvalue weighted by molar-refractivity contribution is -0.137. The fourth-order valence-electron chi connectivity index (χ4n) is 2.82. The highest BCUT2D eigenvalue weighted by Crippen LogP contribution is 2.25. The van der Waals surface area contributed by atoms with E-state index in [1.54, 1.807) is 30.3 Å². The van der Waals surface area contributed by atoms with Gasteiger partial charge in [-0.05, 0) is 24.1 Å². The lowest BCUT2D eigenvalue weighted by Crippen LogP contribution is -2.43. The lowest BCUT2D eigenvalue weighted by atomic mass is 10.1. The van der Waals surface area contributed by atoms with Crippen molar-refractivity contribution in [2.45, 2.75) is 32.4 Å². The summed E-state index contributed by atoms with van der Waals surface area (Å²) in [5.41, 5.74) is 0.668. The van der Waals surface area contributed by atoms with E-state index in [1.165, 1.54) is 25.1 Å². The molecule has 0 aliphatic rings. The van der Waals surface area contributed by atoms with Crippen LogP contribution in [0.2, 0.25) is 5.02 Å². The van der Waals surface area contributed by atoms with Crippen molar-refractivity contribution in [3.05, 3.63) is 64.7 Å². The van der Waals surface area contributed by atoms with Crippen molar-refractivity contribution >= 4 is 47.0 Å². The molecule has 0 fully saturated rings. The number of halogens is 1. The van der Waals surface area contributed by atoms with Gasteiger partial charge in [-0.1, -0.05) is 48.0 Å². The Hall–Kier alpha value is -3.92. The third-order valence-electron chi connectivity index (χ3n) is 4.41. The van der Waals surface area contributed by atoms with E-state index >= 15 is 0 Å². The molecule has 0 saturated carbocycles. The van der Waals surface area contributed by atoms with Crippen LogP contribution >= 0.6 is 11.6 Å². The van der Waals surface area contributed by atoms with Crippen LogP contribution in [0.5, 0.6) is 0 Å². The second kappa shape index (κ2) is 12.9. The molecule has 10 nitrogen and oxygen atoms in total. The van der Waals surface area contributed by atoms with Crippen LogP contribution in [0.15, 0.2) is 48.5 Å². The number of carboxylic acid groups (broad SMARTS) is 1. The number of nitrogens with one attached hydrogen (secondary N) is 2. The number of carbonyl (C=O) groups is 5. The predicted molar refractivity (Wildman–Crippen MR) is 121 cm³/mol. The molecule has 0 aromatic heterocycles. The number of hydrogen-bond donors (Lipinski definition) is 3. The van der Waals surface area contributed by atoms with Crippen molar-refractivity contribution in [3.8, 4) is 0 Å². The summed E-state index contributed by atoms with van der Waals surface area (Å²) in [6.45, 7) is 0.419. The number of hydrogen-bond acceptors (Lipinski definition) is 7. The molecule has 34 heavy (non-hydrogen) atoms. The number of rotatable bonds is 11. The fraction of sp³-hybridized carbons (Fsp3) is 0.261. The Morgan fingerprint density at radius 3 is 2.35 bits per heavy atom. The van der Waals surface area contributed by atoms with Gasteiger partial charge in [0.2, 0.25) is 5.91 Å². The SMILES string of the molecule is CC(=O)Nc1cccc(Cl)c1C(=O)OCC(=O)[C@H](CCC(=O)O)NC(=O)OCc1ccccc1. The van der Waals surface area contributed by atoms with Crippen LogP contribution in [0.3, 0.4) is 0 Å². The topological polar surface area (TPSA) is 148 Å². The Bertz CT molecular complexity index is 1060. The van der Waals surface area contributed by atoms with E-state index < -0.39 is 48.8 Å². The lowest BCUT2D eigenvalue weighted by Gasteiger charge is -2.17. The van der Waals surface area contributed by atoms with E-state index in [4.69, 9.17) is 26.2 Å². The Balaban J connectivity index is 2.02.